The smallest absolute Gasteiger partial charge is 0.325 e. The highest BCUT2D eigenvalue weighted by molar-refractivity contribution is 6.30. The molecule has 0 aliphatic carbocycles. The van der Waals surface area contributed by atoms with Crippen LogP contribution in [0.4, 0.5) is 10.5 Å². The molecule has 0 saturated carbocycles. The van der Waals surface area contributed by atoms with Gasteiger partial charge in [-0.05, 0) is 37.1 Å². The second-order valence-electron chi connectivity index (χ2n) is 6.39. The lowest BCUT2D eigenvalue weighted by molar-refractivity contribution is -0.129. The number of nitrogens with one attached hydrogen (secondary N) is 2. The summed E-state index contributed by atoms with van der Waals surface area (Å²) in [5.41, 5.74) is 1.47. The number of nitrogens with zero attached hydrogens (tertiary/aromatic N) is 1. The predicted octanol–water partition coefficient (Wildman–Crippen LogP) is 3.74. The van der Waals surface area contributed by atoms with Crippen LogP contribution >= 0.6 is 11.6 Å². The molecular formula is C20H20ClN3O3. The maximum absolute atomic E-state index is 12.6. The van der Waals surface area contributed by atoms with Crippen LogP contribution in [-0.4, -0.2) is 28.8 Å². The molecule has 2 N–H and O–H groups in total. The molecule has 140 valence electrons. The highest BCUT2D eigenvalue weighted by Crippen LogP contribution is 2.25. The number of benzene rings is 2. The van der Waals surface area contributed by atoms with Gasteiger partial charge in [0.2, 0.25) is 5.91 Å². The topological polar surface area (TPSA) is 78.5 Å². The van der Waals surface area contributed by atoms with Gasteiger partial charge in [-0.25, -0.2) is 4.79 Å². The third-order valence-corrected chi connectivity index (χ3v) is 4.72. The van der Waals surface area contributed by atoms with Crippen molar-refractivity contribution in [2.24, 2.45) is 0 Å². The van der Waals surface area contributed by atoms with E-state index in [0.29, 0.717) is 10.7 Å². The standard InChI is InChI=1S/C20H20ClN3O3/c1-13(14-6-3-2-4-7-14)24-19(26)17(23-20(24)27)10-11-18(25)22-16-9-5-8-15(21)12-16/h2-9,12-13,17H,10-11H2,1H3,(H,22,25)(H,23,27)/t13-,17+/m1/s1. The number of halogens is 1. The van der Waals surface area contributed by atoms with Gasteiger partial charge in [0.15, 0.2) is 0 Å². The number of anilines is 1. The Kier molecular flexibility index (Phi) is 5.76. The van der Waals surface area contributed by atoms with Crippen LogP contribution in [0.25, 0.3) is 0 Å². The van der Waals surface area contributed by atoms with E-state index in [1.54, 1.807) is 31.2 Å². The van der Waals surface area contributed by atoms with Crippen molar-refractivity contribution in [3.63, 3.8) is 0 Å². The van der Waals surface area contributed by atoms with Crippen molar-refractivity contribution in [3.05, 3.63) is 65.2 Å². The Morgan fingerprint density at radius 3 is 2.63 bits per heavy atom. The van der Waals surface area contributed by atoms with E-state index in [0.717, 1.165) is 5.56 Å². The molecule has 1 saturated heterocycles. The van der Waals surface area contributed by atoms with Gasteiger partial charge >= 0.3 is 6.03 Å². The number of amides is 4. The first-order valence-corrected chi connectivity index (χ1v) is 9.07. The molecule has 6 nitrogen and oxygen atoms in total. The number of carbonyl (C=O) groups is 3. The van der Waals surface area contributed by atoms with Crippen molar-refractivity contribution >= 4 is 35.1 Å². The number of hydrogen-bond donors (Lipinski definition) is 2. The predicted molar refractivity (Wildman–Crippen MR) is 103 cm³/mol. The number of rotatable bonds is 6. The van der Waals surface area contributed by atoms with E-state index in [-0.39, 0.29) is 30.7 Å². The lowest BCUT2D eigenvalue weighted by atomic mass is 10.1. The fourth-order valence-corrected chi connectivity index (χ4v) is 3.25. The number of imide groups is 1. The monoisotopic (exact) mass is 385 g/mol. The van der Waals surface area contributed by atoms with Gasteiger partial charge in [0.25, 0.3) is 5.91 Å². The molecule has 7 heteroatoms. The second kappa shape index (κ2) is 8.22. The highest BCUT2D eigenvalue weighted by atomic mass is 35.5. The molecule has 1 heterocycles. The van der Waals surface area contributed by atoms with Crippen LogP contribution in [0.15, 0.2) is 54.6 Å². The van der Waals surface area contributed by atoms with Crippen LogP contribution in [-0.2, 0) is 9.59 Å². The fraction of sp³-hybridized carbons (Fsp3) is 0.250. The molecule has 0 bridgehead atoms. The summed E-state index contributed by atoms with van der Waals surface area (Å²) >= 11 is 5.89. The Bertz CT molecular complexity index is 857. The van der Waals surface area contributed by atoms with Gasteiger partial charge in [-0.2, -0.15) is 0 Å². The zero-order chi connectivity index (χ0) is 19.4. The number of hydrogen-bond acceptors (Lipinski definition) is 3. The average Bonchev–Trinajstić information content (AvgIpc) is 2.94. The van der Waals surface area contributed by atoms with Crippen LogP contribution in [0.1, 0.15) is 31.4 Å². The van der Waals surface area contributed by atoms with Gasteiger partial charge in [-0.15, -0.1) is 0 Å². The molecule has 2 aromatic rings. The summed E-state index contributed by atoms with van der Waals surface area (Å²) < 4.78 is 0. The summed E-state index contributed by atoms with van der Waals surface area (Å²) in [6.45, 7) is 1.81. The second-order valence-corrected chi connectivity index (χ2v) is 6.83. The van der Waals surface area contributed by atoms with Gasteiger partial charge in [-0.3, -0.25) is 14.5 Å². The molecule has 0 radical (unpaired) electrons. The minimum absolute atomic E-state index is 0.108. The van der Waals surface area contributed by atoms with E-state index >= 15 is 0 Å². The molecule has 1 fully saturated rings. The van der Waals surface area contributed by atoms with Crippen LogP contribution in [0, 0.1) is 0 Å². The molecule has 3 rings (SSSR count). The van der Waals surface area contributed by atoms with E-state index in [4.69, 9.17) is 11.6 Å². The van der Waals surface area contributed by atoms with Gasteiger partial charge < -0.3 is 10.6 Å². The average molecular weight is 386 g/mol. The van der Waals surface area contributed by atoms with Crippen LogP contribution in [0.5, 0.6) is 0 Å². The Hall–Kier alpha value is -2.86. The van der Waals surface area contributed by atoms with Gasteiger partial charge in [0.05, 0.1) is 6.04 Å². The zero-order valence-corrected chi connectivity index (χ0v) is 15.6. The third kappa shape index (κ3) is 4.46. The van der Waals surface area contributed by atoms with E-state index in [9.17, 15) is 14.4 Å². The minimum atomic E-state index is -0.700. The van der Waals surface area contributed by atoms with Crippen molar-refractivity contribution < 1.29 is 14.4 Å². The molecule has 0 unspecified atom stereocenters. The maximum atomic E-state index is 12.6. The fourth-order valence-electron chi connectivity index (χ4n) is 3.06. The van der Waals surface area contributed by atoms with Gasteiger partial charge in [0, 0.05) is 17.1 Å². The Labute approximate surface area is 162 Å². The first-order valence-electron chi connectivity index (χ1n) is 8.69. The molecule has 0 spiro atoms. The molecule has 27 heavy (non-hydrogen) atoms. The van der Waals surface area contributed by atoms with Gasteiger partial charge in [0.1, 0.15) is 6.04 Å². The third-order valence-electron chi connectivity index (χ3n) is 4.49. The summed E-state index contributed by atoms with van der Waals surface area (Å²) in [4.78, 5) is 38.2. The molecule has 0 aromatic heterocycles. The van der Waals surface area contributed by atoms with E-state index < -0.39 is 12.1 Å². The first-order chi connectivity index (χ1) is 13.0. The molecule has 2 aromatic carbocycles. The summed E-state index contributed by atoms with van der Waals surface area (Å²) in [6.07, 6.45) is 0.339. The van der Waals surface area contributed by atoms with Crippen molar-refractivity contribution in [3.8, 4) is 0 Å². The molecule has 2 atom stereocenters. The molecular weight excluding hydrogens is 366 g/mol. The van der Waals surface area contributed by atoms with Crippen molar-refractivity contribution in [2.75, 3.05) is 5.32 Å². The summed E-state index contributed by atoms with van der Waals surface area (Å²) in [6, 6.07) is 14.7. The maximum Gasteiger partial charge on any atom is 0.325 e. The van der Waals surface area contributed by atoms with E-state index in [1.807, 2.05) is 30.3 Å². The summed E-state index contributed by atoms with van der Waals surface area (Å²) in [7, 11) is 0. The molecule has 1 aliphatic heterocycles. The van der Waals surface area contributed by atoms with Crippen LogP contribution in [0.2, 0.25) is 5.02 Å². The highest BCUT2D eigenvalue weighted by Gasteiger charge is 2.40. The largest absolute Gasteiger partial charge is 0.326 e. The number of carbonyl (C=O) groups excluding carboxylic acids is 3. The molecule has 1 aliphatic rings. The SMILES string of the molecule is C[C@H](c1ccccc1)N1C(=O)N[C@@H](CCC(=O)Nc2cccc(Cl)c2)C1=O. The van der Waals surface area contributed by atoms with Gasteiger partial charge in [-0.1, -0.05) is 48.0 Å². The van der Waals surface area contributed by atoms with Crippen LogP contribution in [0.3, 0.4) is 0 Å². The first kappa shape index (κ1) is 18.9. The zero-order valence-electron chi connectivity index (χ0n) is 14.8. The van der Waals surface area contributed by atoms with Crippen molar-refractivity contribution in [1.29, 1.82) is 0 Å². The van der Waals surface area contributed by atoms with E-state index in [1.165, 1.54) is 4.90 Å². The molecule has 4 amide bonds. The van der Waals surface area contributed by atoms with E-state index in [2.05, 4.69) is 10.6 Å². The lowest BCUT2D eigenvalue weighted by Gasteiger charge is -2.21. The van der Waals surface area contributed by atoms with Crippen molar-refractivity contribution in [2.45, 2.75) is 31.8 Å². The number of urea groups is 1. The quantitative estimate of drug-likeness (QED) is 0.743. The van der Waals surface area contributed by atoms with Crippen molar-refractivity contribution in [1.82, 2.24) is 10.2 Å². The normalized spacial score (nSPS) is 17.6. The lowest BCUT2D eigenvalue weighted by Crippen LogP contribution is -2.34. The summed E-state index contributed by atoms with van der Waals surface area (Å²) in [5, 5.41) is 5.93. The summed E-state index contributed by atoms with van der Waals surface area (Å²) in [5.74, 6) is -0.555. The Morgan fingerprint density at radius 2 is 1.93 bits per heavy atom. The Balaban J connectivity index is 1.58. The Morgan fingerprint density at radius 1 is 1.19 bits per heavy atom. The van der Waals surface area contributed by atoms with Crippen LogP contribution < -0.4 is 10.6 Å². The minimum Gasteiger partial charge on any atom is -0.326 e.